The third kappa shape index (κ3) is 5.72. The van der Waals surface area contributed by atoms with Crippen molar-refractivity contribution in [3.8, 4) is 6.07 Å². The minimum atomic E-state index is -0.143. The Kier molecular flexibility index (Phi) is 7.31. The van der Waals surface area contributed by atoms with Gasteiger partial charge in [0.25, 0.3) is 0 Å². The molecule has 0 aliphatic carbocycles. The normalized spacial score (nSPS) is 15.9. The molecule has 5 heteroatoms. The fraction of sp³-hybridized carbons (Fsp3) is 0.588. The van der Waals surface area contributed by atoms with E-state index in [1.54, 1.807) is 6.07 Å². The Hall–Kier alpha value is -1.48. The van der Waals surface area contributed by atoms with Gasteiger partial charge in [-0.2, -0.15) is 5.26 Å². The zero-order chi connectivity index (χ0) is 15.6. The van der Waals surface area contributed by atoms with E-state index in [4.69, 9.17) is 10.00 Å². The van der Waals surface area contributed by atoms with Crippen LogP contribution < -0.4 is 0 Å². The van der Waals surface area contributed by atoms with Crippen molar-refractivity contribution in [2.45, 2.75) is 12.8 Å². The largest absolute Gasteiger partial charge is 0.379 e. The lowest BCUT2D eigenvalue weighted by Gasteiger charge is -2.29. The molecule has 1 aromatic carbocycles. The van der Waals surface area contributed by atoms with Gasteiger partial charge >= 0.3 is 0 Å². The Labute approximate surface area is 132 Å². The van der Waals surface area contributed by atoms with Crippen LogP contribution in [0.25, 0.3) is 0 Å². The number of hydrogen-bond donors (Lipinski definition) is 0. The third-order valence-corrected chi connectivity index (χ3v) is 4.03. The number of nitrogens with zero attached hydrogens (tertiary/aromatic N) is 3. The molecule has 4 nitrogen and oxygen atoms in total. The van der Waals surface area contributed by atoms with Gasteiger partial charge in [0.1, 0.15) is 5.82 Å². The predicted molar refractivity (Wildman–Crippen MR) is 84.0 cm³/mol. The zero-order valence-electron chi connectivity index (χ0n) is 13.0. The van der Waals surface area contributed by atoms with Crippen LogP contribution in [0.15, 0.2) is 24.3 Å². The highest BCUT2D eigenvalue weighted by Gasteiger charge is 2.13. The van der Waals surface area contributed by atoms with Crippen LogP contribution in [0.1, 0.15) is 12.0 Å². The fourth-order valence-corrected chi connectivity index (χ4v) is 2.63. The van der Waals surface area contributed by atoms with Gasteiger partial charge in [-0.3, -0.25) is 4.90 Å². The number of benzene rings is 1. The SMILES string of the molecule is N#CCCN(CCc1ccccc1F)CCN1CCOCC1. The van der Waals surface area contributed by atoms with E-state index in [1.807, 2.05) is 12.1 Å². The fourth-order valence-electron chi connectivity index (χ4n) is 2.63. The molecule has 1 aromatic rings. The average Bonchev–Trinajstić information content (AvgIpc) is 2.56. The van der Waals surface area contributed by atoms with Crippen LogP contribution in [0.4, 0.5) is 4.39 Å². The van der Waals surface area contributed by atoms with Crippen molar-refractivity contribution < 1.29 is 9.13 Å². The second-order valence-electron chi connectivity index (χ2n) is 5.55. The number of halogens is 1. The Bertz CT molecular complexity index is 483. The molecule has 0 radical (unpaired) electrons. The summed E-state index contributed by atoms with van der Waals surface area (Å²) in [6.07, 6.45) is 1.20. The van der Waals surface area contributed by atoms with Crippen LogP contribution in [-0.2, 0) is 11.2 Å². The van der Waals surface area contributed by atoms with Crippen LogP contribution in [0.2, 0.25) is 0 Å². The predicted octanol–water partition coefficient (Wildman–Crippen LogP) is 1.92. The molecule has 0 saturated carbocycles. The molecule has 1 aliphatic heterocycles. The Balaban J connectivity index is 1.80. The standard InChI is InChI=1S/C17H24FN3O/c18-17-5-2-1-4-16(17)6-9-20(8-3-7-19)10-11-21-12-14-22-15-13-21/h1-2,4-5H,3,6,8-15H2. The molecule has 120 valence electrons. The van der Waals surface area contributed by atoms with Gasteiger partial charge in [0.2, 0.25) is 0 Å². The van der Waals surface area contributed by atoms with Crippen molar-refractivity contribution in [1.29, 1.82) is 5.26 Å². The van der Waals surface area contributed by atoms with Crippen LogP contribution in [0.3, 0.4) is 0 Å². The summed E-state index contributed by atoms with van der Waals surface area (Å²) in [5, 5.41) is 8.80. The first-order valence-corrected chi connectivity index (χ1v) is 7.92. The highest BCUT2D eigenvalue weighted by molar-refractivity contribution is 5.17. The molecule has 2 rings (SSSR count). The van der Waals surface area contributed by atoms with Crippen molar-refractivity contribution in [3.63, 3.8) is 0 Å². The number of hydrogen-bond acceptors (Lipinski definition) is 4. The van der Waals surface area contributed by atoms with E-state index in [1.165, 1.54) is 6.07 Å². The van der Waals surface area contributed by atoms with E-state index < -0.39 is 0 Å². The lowest BCUT2D eigenvalue weighted by Crippen LogP contribution is -2.42. The highest BCUT2D eigenvalue weighted by atomic mass is 19.1. The number of rotatable bonds is 8. The van der Waals surface area contributed by atoms with Gasteiger partial charge in [0, 0.05) is 45.7 Å². The molecule has 0 atom stereocenters. The summed E-state index contributed by atoms with van der Waals surface area (Å²) in [5.41, 5.74) is 0.746. The Morgan fingerprint density at radius 1 is 1.18 bits per heavy atom. The van der Waals surface area contributed by atoms with Crippen molar-refractivity contribution in [2.75, 3.05) is 52.5 Å². The van der Waals surface area contributed by atoms with E-state index >= 15 is 0 Å². The summed E-state index contributed by atoms with van der Waals surface area (Å²) in [7, 11) is 0. The average molecular weight is 305 g/mol. The first kappa shape index (κ1) is 16.9. The van der Waals surface area contributed by atoms with Crippen molar-refractivity contribution in [1.82, 2.24) is 9.80 Å². The molecule has 0 bridgehead atoms. The van der Waals surface area contributed by atoms with Gasteiger partial charge in [-0.1, -0.05) is 18.2 Å². The number of morpholine rings is 1. The van der Waals surface area contributed by atoms with Crippen molar-refractivity contribution in [2.24, 2.45) is 0 Å². The smallest absolute Gasteiger partial charge is 0.126 e. The molecule has 22 heavy (non-hydrogen) atoms. The van der Waals surface area contributed by atoms with E-state index in [-0.39, 0.29) is 5.82 Å². The molecule has 1 aliphatic rings. The quantitative estimate of drug-likeness (QED) is 0.735. The molecule has 0 spiro atoms. The second-order valence-corrected chi connectivity index (χ2v) is 5.55. The van der Waals surface area contributed by atoms with Gasteiger partial charge < -0.3 is 9.64 Å². The van der Waals surface area contributed by atoms with Crippen LogP contribution >= 0.6 is 0 Å². The Morgan fingerprint density at radius 2 is 1.95 bits per heavy atom. The first-order valence-electron chi connectivity index (χ1n) is 7.92. The molecule has 0 unspecified atom stereocenters. The first-order chi connectivity index (χ1) is 10.8. The molecule has 1 heterocycles. The molecule has 1 saturated heterocycles. The lowest BCUT2D eigenvalue weighted by molar-refractivity contribution is 0.0335. The summed E-state index contributed by atoms with van der Waals surface area (Å²) in [6.45, 7) is 6.96. The third-order valence-electron chi connectivity index (χ3n) is 4.03. The molecule has 0 aromatic heterocycles. The topological polar surface area (TPSA) is 39.5 Å². The maximum absolute atomic E-state index is 13.7. The minimum absolute atomic E-state index is 0.143. The Morgan fingerprint density at radius 3 is 2.68 bits per heavy atom. The van der Waals surface area contributed by atoms with Crippen molar-refractivity contribution >= 4 is 0 Å². The molecular weight excluding hydrogens is 281 g/mol. The summed E-state index contributed by atoms with van der Waals surface area (Å²) >= 11 is 0. The highest BCUT2D eigenvalue weighted by Crippen LogP contribution is 2.08. The number of nitriles is 1. The van der Waals surface area contributed by atoms with E-state index in [0.717, 1.165) is 58.0 Å². The lowest BCUT2D eigenvalue weighted by atomic mass is 10.1. The maximum Gasteiger partial charge on any atom is 0.126 e. The van der Waals surface area contributed by atoms with Gasteiger partial charge in [-0.05, 0) is 18.1 Å². The second kappa shape index (κ2) is 9.52. The van der Waals surface area contributed by atoms with E-state index in [9.17, 15) is 4.39 Å². The van der Waals surface area contributed by atoms with Gasteiger partial charge in [-0.15, -0.1) is 0 Å². The van der Waals surface area contributed by atoms with Crippen LogP contribution in [-0.4, -0.2) is 62.3 Å². The zero-order valence-corrected chi connectivity index (χ0v) is 13.0. The van der Waals surface area contributed by atoms with E-state index in [0.29, 0.717) is 12.8 Å². The van der Waals surface area contributed by atoms with Gasteiger partial charge in [-0.25, -0.2) is 4.39 Å². The summed E-state index contributed by atoms with van der Waals surface area (Å²) in [5.74, 6) is -0.143. The maximum atomic E-state index is 13.7. The van der Waals surface area contributed by atoms with Crippen LogP contribution in [0.5, 0.6) is 0 Å². The summed E-state index contributed by atoms with van der Waals surface area (Å²) in [6, 6.07) is 9.11. The molecule has 0 amide bonds. The summed E-state index contributed by atoms with van der Waals surface area (Å²) in [4.78, 5) is 4.64. The van der Waals surface area contributed by atoms with Gasteiger partial charge in [0.05, 0.1) is 19.3 Å². The monoisotopic (exact) mass is 305 g/mol. The summed E-state index contributed by atoms with van der Waals surface area (Å²) < 4.78 is 19.0. The molecule has 0 N–H and O–H groups in total. The molecule has 1 fully saturated rings. The van der Waals surface area contributed by atoms with Crippen LogP contribution in [0, 0.1) is 17.1 Å². The minimum Gasteiger partial charge on any atom is -0.379 e. The van der Waals surface area contributed by atoms with E-state index in [2.05, 4.69) is 15.9 Å². The van der Waals surface area contributed by atoms with Crippen molar-refractivity contribution in [3.05, 3.63) is 35.6 Å². The molecular formula is C17H24FN3O. The number of ether oxygens (including phenoxy) is 1. The van der Waals surface area contributed by atoms with Gasteiger partial charge in [0.15, 0.2) is 0 Å².